The summed E-state index contributed by atoms with van der Waals surface area (Å²) in [4.78, 5) is 0. The van der Waals surface area contributed by atoms with Crippen molar-refractivity contribution in [1.82, 2.24) is 0 Å². The number of nitriles is 3. The quantitative estimate of drug-likeness (QED) is 0.829. The summed E-state index contributed by atoms with van der Waals surface area (Å²) in [6.45, 7) is 0.323. The lowest BCUT2D eigenvalue weighted by Gasteiger charge is -2.14. The first kappa shape index (κ1) is 17.2. The molecule has 1 fully saturated rings. The molecule has 0 amide bonds. The van der Waals surface area contributed by atoms with E-state index in [2.05, 4.69) is 5.32 Å². The van der Waals surface area contributed by atoms with Crippen LogP contribution in [0.5, 0.6) is 5.75 Å². The molecule has 1 aromatic carbocycles. The largest absolute Gasteiger partial charge is 0.493 e. The Morgan fingerprint density at radius 1 is 1.12 bits per heavy atom. The number of benzene rings is 1. The number of alkyl halides is 3. The molecule has 1 aromatic rings. The third-order valence-electron chi connectivity index (χ3n) is 3.27. The van der Waals surface area contributed by atoms with Gasteiger partial charge >= 0.3 is 6.18 Å². The predicted octanol–water partition coefficient (Wildman–Crippen LogP) is 3.73. The molecule has 1 saturated carbocycles. The summed E-state index contributed by atoms with van der Waals surface area (Å²) in [6, 6.07) is 7.57. The average Bonchev–Trinajstić information content (AvgIpc) is 3.36. The van der Waals surface area contributed by atoms with Gasteiger partial charge in [-0.15, -0.1) is 0 Å². The summed E-state index contributed by atoms with van der Waals surface area (Å²) in [5.74, 6) is 0.362. The first-order valence-corrected chi connectivity index (χ1v) is 6.94. The number of allylic oxidation sites excluding steroid dienone is 2. The number of hydrogen-bond acceptors (Lipinski definition) is 5. The molecule has 24 heavy (non-hydrogen) atoms. The molecule has 0 unspecified atom stereocenters. The highest BCUT2D eigenvalue weighted by molar-refractivity contribution is 5.61. The molecule has 0 spiro atoms. The van der Waals surface area contributed by atoms with Crippen molar-refractivity contribution in [2.45, 2.75) is 19.0 Å². The van der Waals surface area contributed by atoms with Crippen LogP contribution >= 0.6 is 0 Å². The summed E-state index contributed by atoms with van der Waals surface area (Å²) in [5.41, 5.74) is -1.98. The topological polar surface area (TPSA) is 92.6 Å². The Morgan fingerprint density at radius 3 is 2.29 bits per heavy atom. The summed E-state index contributed by atoms with van der Waals surface area (Å²) in [7, 11) is 0. The zero-order valence-electron chi connectivity index (χ0n) is 12.3. The highest BCUT2D eigenvalue weighted by Crippen LogP contribution is 2.36. The van der Waals surface area contributed by atoms with Crippen molar-refractivity contribution in [3.63, 3.8) is 0 Å². The number of hydrogen-bond donors (Lipinski definition) is 1. The minimum absolute atomic E-state index is 0.00646. The lowest BCUT2D eigenvalue weighted by molar-refractivity contribution is -0.137. The first-order valence-electron chi connectivity index (χ1n) is 6.94. The first-order chi connectivity index (χ1) is 11.4. The van der Waals surface area contributed by atoms with Crippen molar-refractivity contribution >= 4 is 5.69 Å². The zero-order chi connectivity index (χ0) is 17.7. The van der Waals surface area contributed by atoms with Crippen LogP contribution in [0.3, 0.4) is 0 Å². The second-order valence-electron chi connectivity index (χ2n) is 5.21. The van der Waals surface area contributed by atoms with E-state index in [1.807, 2.05) is 0 Å². The smallest absolute Gasteiger partial charge is 0.416 e. The van der Waals surface area contributed by atoms with E-state index in [9.17, 15) is 13.2 Å². The van der Waals surface area contributed by atoms with Gasteiger partial charge in [0.05, 0.1) is 12.2 Å². The third-order valence-corrected chi connectivity index (χ3v) is 3.27. The van der Waals surface area contributed by atoms with E-state index >= 15 is 0 Å². The Bertz CT molecular complexity index is 774. The molecular weight excluding hydrogens is 321 g/mol. The SMILES string of the molecule is N#CC(C#N)=C(C#N)Nc1cc(OCC2CC2)cc(C(F)(F)F)c1. The number of ether oxygens (including phenoxy) is 1. The maximum absolute atomic E-state index is 13.0. The number of rotatable bonds is 5. The minimum atomic E-state index is -4.60. The van der Waals surface area contributed by atoms with Crippen LogP contribution in [-0.2, 0) is 6.18 Å². The van der Waals surface area contributed by atoms with Crippen LogP contribution in [0.4, 0.5) is 18.9 Å². The lowest BCUT2D eigenvalue weighted by atomic mass is 10.1. The van der Waals surface area contributed by atoms with Crippen molar-refractivity contribution in [2.24, 2.45) is 5.92 Å². The molecule has 0 radical (unpaired) electrons. The van der Waals surface area contributed by atoms with E-state index in [4.69, 9.17) is 20.5 Å². The highest BCUT2D eigenvalue weighted by Gasteiger charge is 2.32. The fourth-order valence-electron chi connectivity index (χ4n) is 1.84. The molecule has 122 valence electrons. The zero-order valence-corrected chi connectivity index (χ0v) is 12.3. The molecule has 2 rings (SSSR count). The number of anilines is 1. The van der Waals surface area contributed by atoms with E-state index in [0.717, 1.165) is 25.0 Å². The molecule has 5 nitrogen and oxygen atoms in total. The molecule has 1 N–H and O–H groups in total. The second kappa shape index (κ2) is 6.93. The lowest BCUT2D eigenvalue weighted by Crippen LogP contribution is -2.09. The van der Waals surface area contributed by atoms with Gasteiger partial charge in [0, 0.05) is 11.8 Å². The molecule has 0 aliphatic heterocycles. The molecule has 1 aliphatic rings. The number of halogens is 3. The standard InChI is InChI=1S/C16H11F3N4O/c17-16(18,19)12-3-13(23-15(8-22)11(6-20)7-21)5-14(4-12)24-9-10-1-2-10/h3-5,10,23H,1-2,9H2. The van der Waals surface area contributed by atoms with E-state index < -0.39 is 23.0 Å². The van der Waals surface area contributed by atoms with Gasteiger partial charge in [0.1, 0.15) is 29.7 Å². The maximum Gasteiger partial charge on any atom is 0.416 e. The van der Waals surface area contributed by atoms with Crippen molar-refractivity contribution < 1.29 is 17.9 Å². The minimum Gasteiger partial charge on any atom is -0.493 e. The molecule has 0 bridgehead atoms. The van der Waals surface area contributed by atoms with Crippen molar-refractivity contribution in [1.29, 1.82) is 15.8 Å². The summed E-state index contributed by atoms with van der Waals surface area (Å²) < 4.78 is 44.4. The number of nitrogens with one attached hydrogen (secondary N) is 1. The Morgan fingerprint density at radius 2 is 1.79 bits per heavy atom. The summed E-state index contributed by atoms with van der Waals surface area (Å²) in [6.07, 6.45) is -2.63. The Balaban J connectivity index is 2.35. The fraction of sp³-hybridized carbons (Fsp3) is 0.312. The van der Waals surface area contributed by atoms with Crippen LogP contribution in [0.2, 0.25) is 0 Å². The average molecular weight is 332 g/mol. The molecule has 0 heterocycles. The summed E-state index contributed by atoms with van der Waals surface area (Å²) in [5, 5.41) is 28.9. The molecule has 1 aliphatic carbocycles. The van der Waals surface area contributed by atoms with Gasteiger partial charge in [0.25, 0.3) is 0 Å². The molecule has 0 atom stereocenters. The Kier molecular flexibility index (Phi) is 4.96. The number of nitrogens with zero attached hydrogens (tertiary/aromatic N) is 3. The van der Waals surface area contributed by atoms with Gasteiger partial charge in [-0.25, -0.2) is 0 Å². The second-order valence-corrected chi connectivity index (χ2v) is 5.21. The predicted molar refractivity (Wildman–Crippen MR) is 77.2 cm³/mol. The van der Waals surface area contributed by atoms with Gasteiger partial charge < -0.3 is 10.1 Å². The highest BCUT2D eigenvalue weighted by atomic mass is 19.4. The van der Waals surface area contributed by atoms with Gasteiger partial charge in [0.15, 0.2) is 5.57 Å². The van der Waals surface area contributed by atoms with Crippen molar-refractivity contribution in [3.05, 3.63) is 35.0 Å². The molecular formula is C16H11F3N4O. The Hall–Kier alpha value is -3.18. The van der Waals surface area contributed by atoms with Gasteiger partial charge in [-0.3, -0.25) is 0 Å². The monoisotopic (exact) mass is 332 g/mol. The fourth-order valence-corrected chi connectivity index (χ4v) is 1.84. The van der Waals surface area contributed by atoms with Crippen LogP contribution < -0.4 is 10.1 Å². The van der Waals surface area contributed by atoms with Crippen LogP contribution in [0, 0.1) is 39.9 Å². The van der Waals surface area contributed by atoms with Gasteiger partial charge in [-0.1, -0.05) is 0 Å². The van der Waals surface area contributed by atoms with Gasteiger partial charge in [-0.2, -0.15) is 29.0 Å². The molecule has 8 heteroatoms. The van der Waals surface area contributed by atoms with Gasteiger partial charge in [0.2, 0.25) is 0 Å². The van der Waals surface area contributed by atoms with Crippen LogP contribution in [0.25, 0.3) is 0 Å². The van der Waals surface area contributed by atoms with E-state index in [1.54, 1.807) is 6.07 Å². The summed E-state index contributed by atoms with van der Waals surface area (Å²) >= 11 is 0. The third kappa shape index (κ3) is 4.41. The molecule has 0 aromatic heterocycles. The Labute approximate surface area is 136 Å². The van der Waals surface area contributed by atoms with E-state index in [1.165, 1.54) is 18.2 Å². The van der Waals surface area contributed by atoms with Crippen molar-refractivity contribution in [2.75, 3.05) is 11.9 Å². The van der Waals surface area contributed by atoms with Crippen molar-refractivity contribution in [3.8, 4) is 24.0 Å². The van der Waals surface area contributed by atoms with Crippen LogP contribution in [0.1, 0.15) is 18.4 Å². The normalized spacial score (nSPS) is 13.2. The van der Waals surface area contributed by atoms with E-state index in [-0.39, 0.29) is 11.4 Å². The van der Waals surface area contributed by atoms with Gasteiger partial charge in [-0.05, 0) is 30.9 Å². The maximum atomic E-state index is 13.0. The van der Waals surface area contributed by atoms with Crippen LogP contribution in [-0.4, -0.2) is 6.61 Å². The van der Waals surface area contributed by atoms with Crippen LogP contribution in [0.15, 0.2) is 29.5 Å². The van der Waals surface area contributed by atoms with E-state index in [0.29, 0.717) is 12.5 Å². The molecule has 0 saturated heterocycles.